The molecular formula is C26H21ClN6O. The molecule has 0 aliphatic heterocycles. The Bertz CT molecular complexity index is 1390. The van der Waals surface area contributed by atoms with Crippen LogP contribution in [0.5, 0.6) is 0 Å². The fourth-order valence-electron chi connectivity index (χ4n) is 3.60. The Morgan fingerprint density at radius 3 is 2.44 bits per heavy atom. The molecule has 0 radical (unpaired) electrons. The normalized spacial score (nSPS) is 10.9. The second kappa shape index (κ2) is 9.72. The molecule has 0 unspecified atom stereocenters. The van der Waals surface area contributed by atoms with Crippen LogP contribution >= 0.6 is 11.6 Å². The van der Waals surface area contributed by atoms with E-state index in [0.717, 1.165) is 17.7 Å². The molecule has 3 heterocycles. The second-order valence-corrected chi connectivity index (χ2v) is 8.14. The average Bonchev–Trinajstić information content (AvgIpc) is 3.52. The Hall–Kier alpha value is -4.23. The van der Waals surface area contributed by atoms with Crippen molar-refractivity contribution in [2.45, 2.75) is 13.0 Å². The third kappa shape index (κ3) is 4.89. The number of anilines is 1. The number of amides is 1. The number of nitrogens with one attached hydrogen (secondary N) is 1. The first kappa shape index (κ1) is 21.6. The molecule has 8 heteroatoms. The predicted molar refractivity (Wildman–Crippen MR) is 132 cm³/mol. The van der Waals surface area contributed by atoms with Crippen LogP contribution in [0.25, 0.3) is 16.9 Å². The molecule has 5 rings (SSSR count). The van der Waals surface area contributed by atoms with E-state index in [1.54, 1.807) is 41.5 Å². The number of carbonyl (C=O) groups excluding carboxylic acids is 1. The second-order valence-electron chi connectivity index (χ2n) is 7.70. The monoisotopic (exact) mass is 468 g/mol. The molecule has 0 atom stereocenters. The fraction of sp³-hybridized carbons (Fsp3) is 0.0769. The van der Waals surface area contributed by atoms with Gasteiger partial charge in [-0.1, -0.05) is 41.9 Å². The third-order valence-corrected chi connectivity index (χ3v) is 5.61. The number of rotatable bonds is 7. The van der Waals surface area contributed by atoms with Gasteiger partial charge in [-0.3, -0.25) is 14.5 Å². The maximum atomic E-state index is 13.3. The number of para-hydroxylation sites is 1. The molecule has 1 amide bonds. The Labute approximate surface area is 201 Å². The molecule has 7 nitrogen and oxygen atoms in total. The van der Waals surface area contributed by atoms with Crippen LogP contribution in [0.4, 0.5) is 5.82 Å². The minimum atomic E-state index is -0.286. The summed E-state index contributed by atoms with van der Waals surface area (Å²) in [6, 6.07) is 22.7. The van der Waals surface area contributed by atoms with Crippen molar-refractivity contribution in [3.8, 4) is 16.9 Å². The van der Waals surface area contributed by atoms with Gasteiger partial charge in [0.05, 0.1) is 11.3 Å². The standard InChI is InChI=1S/C26H21ClN6O/c27-21-8-6-20(7-9-21)25-23(18-33(31-25)22-4-2-1-3-5-22)26(34)29-24-13-17-32(30-24)16-12-19-10-14-28-15-11-19/h1-11,13-15,17-18H,12,16H2,(H,29,30,34). The number of aryl methyl sites for hydroxylation is 2. The van der Waals surface area contributed by atoms with Crippen molar-refractivity contribution < 1.29 is 4.79 Å². The summed E-state index contributed by atoms with van der Waals surface area (Å²) in [6.07, 6.45) is 7.96. The molecule has 0 bridgehead atoms. The van der Waals surface area contributed by atoms with Crippen LogP contribution in [0, 0.1) is 0 Å². The summed E-state index contributed by atoms with van der Waals surface area (Å²) < 4.78 is 3.51. The summed E-state index contributed by atoms with van der Waals surface area (Å²) in [5.74, 6) is 0.195. The average molecular weight is 469 g/mol. The third-order valence-electron chi connectivity index (χ3n) is 5.36. The summed E-state index contributed by atoms with van der Waals surface area (Å²) in [4.78, 5) is 17.3. The first-order valence-corrected chi connectivity index (χ1v) is 11.2. The molecule has 0 saturated heterocycles. The summed E-state index contributed by atoms with van der Waals surface area (Å²) >= 11 is 6.06. The van der Waals surface area contributed by atoms with Gasteiger partial charge in [-0.25, -0.2) is 4.68 Å². The molecule has 34 heavy (non-hydrogen) atoms. The molecule has 5 aromatic rings. The molecular weight excluding hydrogens is 448 g/mol. The van der Waals surface area contributed by atoms with Crippen LogP contribution in [0.1, 0.15) is 15.9 Å². The van der Waals surface area contributed by atoms with E-state index in [9.17, 15) is 4.79 Å². The van der Waals surface area contributed by atoms with E-state index >= 15 is 0 Å². The van der Waals surface area contributed by atoms with Crippen molar-refractivity contribution in [1.29, 1.82) is 0 Å². The lowest BCUT2D eigenvalue weighted by molar-refractivity contribution is 0.102. The zero-order valence-corrected chi connectivity index (χ0v) is 18.9. The molecule has 3 aromatic heterocycles. The van der Waals surface area contributed by atoms with Crippen LogP contribution in [0.3, 0.4) is 0 Å². The highest BCUT2D eigenvalue weighted by molar-refractivity contribution is 6.30. The number of nitrogens with zero attached hydrogens (tertiary/aromatic N) is 5. The number of halogens is 1. The number of hydrogen-bond donors (Lipinski definition) is 1. The lowest BCUT2D eigenvalue weighted by Crippen LogP contribution is -2.13. The molecule has 0 fully saturated rings. The SMILES string of the molecule is O=C(Nc1ccn(CCc2ccncc2)n1)c1cn(-c2ccccc2)nc1-c1ccc(Cl)cc1. The first-order valence-electron chi connectivity index (χ1n) is 10.8. The van der Waals surface area contributed by atoms with Gasteiger partial charge in [-0.15, -0.1) is 0 Å². The zero-order chi connectivity index (χ0) is 23.3. The minimum absolute atomic E-state index is 0.286. The fourth-order valence-corrected chi connectivity index (χ4v) is 3.73. The van der Waals surface area contributed by atoms with E-state index in [-0.39, 0.29) is 5.91 Å². The lowest BCUT2D eigenvalue weighted by atomic mass is 10.1. The van der Waals surface area contributed by atoms with Gasteiger partial charge in [0.1, 0.15) is 5.69 Å². The van der Waals surface area contributed by atoms with Gasteiger partial charge < -0.3 is 5.32 Å². The van der Waals surface area contributed by atoms with Crippen LogP contribution in [-0.2, 0) is 13.0 Å². The van der Waals surface area contributed by atoms with Crippen molar-refractivity contribution >= 4 is 23.3 Å². The summed E-state index contributed by atoms with van der Waals surface area (Å²) in [5.41, 5.74) is 3.84. The van der Waals surface area contributed by atoms with Crippen molar-refractivity contribution in [3.63, 3.8) is 0 Å². The number of pyridine rings is 1. The highest BCUT2D eigenvalue weighted by atomic mass is 35.5. The van der Waals surface area contributed by atoms with Gasteiger partial charge in [0.25, 0.3) is 5.91 Å². The van der Waals surface area contributed by atoms with Gasteiger partial charge in [0.15, 0.2) is 5.82 Å². The summed E-state index contributed by atoms with van der Waals surface area (Å²) in [7, 11) is 0. The number of hydrogen-bond acceptors (Lipinski definition) is 4. The van der Waals surface area contributed by atoms with E-state index in [1.165, 1.54) is 5.56 Å². The van der Waals surface area contributed by atoms with Gasteiger partial charge in [-0.2, -0.15) is 10.2 Å². The van der Waals surface area contributed by atoms with Gasteiger partial charge >= 0.3 is 0 Å². The molecule has 0 aliphatic carbocycles. The van der Waals surface area contributed by atoms with Crippen molar-refractivity contribution in [3.05, 3.63) is 114 Å². The quantitative estimate of drug-likeness (QED) is 0.352. The van der Waals surface area contributed by atoms with Crippen LogP contribution in [0.2, 0.25) is 5.02 Å². The van der Waals surface area contributed by atoms with E-state index < -0.39 is 0 Å². The van der Waals surface area contributed by atoms with Crippen molar-refractivity contribution in [1.82, 2.24) is 24.5 Å². The largest absolute Gasteiger partial charge is 0.305 e. The Kier molecular flexibility index (Phi) is 6.18. The first-order chi connectivity index (χ1) is 16.7. The van der Waals surface area contributed by atoms with Crippen molar-refractivity contribution in [2.24, 2.45) is 0 Å². The number of carbonyl (C=O) groups is 1. The minimum Gasteiger partial charge on any atom is -0.305 e. The van der Waals surface area contributed by atoms with Crippen LogP contribution in [-0.4, -0.2) is 30.5 Å². The maximum absolute atomic E-state index is 13.3. The molecule has 2 aromatic carbocycles. The van der Waals surface area contributed by atoms with Crippen molar-refractivity contribution in [2.75, 3.05) is 5.32 Å². The predicted octanol–water partition coefficient (Wildman–Crippen LogP) is 5.28. The Morgan fingerprint density at radius 2 is 1.68 bits per heavy atom. The van der Waals surface area contributed by atoms with Gasteiger partial charge in [0, 0.05) is 48.0 Å². The van der Waals surface area contributed by atoms with E-state index in [2.05, 4.69) is 15.4 Å². The highest BCUT2D eigenvalue weighted by Crippen LogP contribution is 2.26. The van der Waals surface area contributed by atoms with E-state index in [1.807, 2.05) is 65.5 Å². The van der Waals surface area contributed by atoms with Gasteiger partial charge in [-0.05, 0) is 48.4 Å². The molecule has 168 valence electrons. The molecule has 0 aliphatic rings. The molecule has 0 spiro atoms. The van der Waals surface area contributed by atoms with Crippen LogP contribution < -0.4 is 5.32 Å². The number of benzene rings is 2. The zero-order valence-electron chi connectivity index (χ0n) is 18.2. The van der Waals surface area contributed by atoms with E-state index in [4.69, 9.17) is 16.7 Å². The molecule has 0 saturated carbocycles. The summed E-state index contributed by atoms with van der Waals surface area (Å²) in [5, 5.41) is 12.7. The highest BCUT2D eigenvalue weighted by Gasteiger charge is 2.19. The lowest BCUT2D eigenvalue weighted by Gasteiger charge is -2.04. The topological polar surface area (TPSA) is 77.6 Å². The van der Waals surface area contributed by atoms with Crippen LogP contribution in [0.15, 0.2) is 97.6 Å². The van der Waals surface area contributed by atoms with Gasteiger partial charge in [0.2, 0.25) is 0 Å². The molecule has 1 N–H and O–H groups in total. The Balaban J connectivity index is 1.38. The smallest absolute Gasteiger partial charge is 0.260 e. The van der Waals surface area contributed by atoms with E-state index in [0.29, 0.717) is 28.6 Å². The number of aromatic nitrogens is 5. The maximum Gasteiger partial charge on any atom is 0.260 e. The Morgan fingerprint density at radius 1 is 0.912 bits per heavy atom. The summed E-state index contributed by atoms with van der Waals surface area (Å²) in [6.45, 7) is 0.696.